The Bertz CT molecular complexity index is 494. The summed E-state index contributed by atoms with van der Waals surface area (Å²) in [5, 5.41) is 3.05. The minimum atomic E-state index is 0.368. The highest BCUT2D eigenvalue weighted by Crippen LogP contribution is 2.19. The van der Waals surface area contributed by atoms with E-state index in [1.165, 1.54) is 0 Å². The molecule has 0 spiro atoms. The fraction of sp³-hybridized carbons (Fsp3) is 0.308. The largest absolute Gasteiger partial charge is 0.373 e. The van der Waals surface area contributed by atoms with Crippen LogP contribution in [0.3, 0.4) is 0 Å². The van der Waals surface area contributed by atoms with Gasteiger partial charge in [-0.1, -0.05) is 19.9 Å². The highest BCUT2D eigenvalue weighted by molar-refractivity contribution is 5.52. The summed E-state index contributed by atoms with van der Waals surface area (Å²) in [5.41, 5.74) is 1.82. The van der Waals surface area contributed by atoms with Crippen molar-refractivity contribution >= 4 is 5.82 Å². The third-order valence-corrected chi connectivity index (χ3v) is 2.49. The molecule has 0 radical (unpaired) electrons. The summed E-state index contributed by atoms with van der Waals surface area (Å²) in [4.78, 5) is 13.2. The molecular weight excluding hydrogens is 212 g/mol. The lowest BCUT2D eigenvalue weighted by atomic mass is 10.1. The molecular formula is C13H16N4. The normalized spacial score (nSPS) is 10.6. The Morgan fingerprint density at radius 1 is 1.18 bits per heavy atom. The van der Waals surface area contributed by atoms with Gasteiger partial charge < -0.3 is 5.32 Å². The van der Waals surface area contributed by atoms with Crippen LogP contribution < -0.4 is 5.32 Å². The first kappa shape index (κ1) is 11.5. The van der Waals surface area contributed by atoms with Crippen molar-refractivity contribution < 1.29 is 0 Å². The van der Waals surface area contributed by atoms with Crippen LogP contribution in [0.4, 0.5) is 5.82 Å². The number of hydrogen-bond donors (Lipinski definition) is 1. The van der Waals surface area contributed by atoms with Crippen LogP contribution in [0.2, 0.25) is 0 Å². The first-order valence-corrected chi connectivity index (χ1v) is 5.69. The summed E-state index contributed by atoms with van der Waals surface area (Å²) in [7, 11) is 1.86. The van der Waals surface area contributed by atoms with Gasteiger partial charge in [-0.05, 0) is 18.1 Å². The van der Waals surface area contributed by atoms with Crippen molar-refractivity contribution in [1.82, 2.24) is 15.0 Å². The van der Waals surface area contributed by atoms with Gasteiger partial charge in [-0.15, -0.1) is 0 Å². The maximum Gasteiger partial charge on any atom is 0.180 e. The van der Waals surface area contributed by atoms with Crippen molar-refractivity contribution in [3.8, 4) is 11.5 Å². The molecule has 0 aromatic carbocycles. The molecule has 4 nitrogen and oxygen atoms in total. The van der Waals surface area contributed by atoms with Crippen LogP contribution in [0.1, 0.15) is 25.5 Å². The molecule has 0 aliphatic carbocycles. The number of nitrogens with zero attached hydrogens (tertiary/aromatic N) is 3. The number of nitrogens with one attached hydrogen (secondary N) is 1. The minimum absolute atomic E-state index is 0.368. The van der Waals surface area contributed by atoms with Crippen molar-refractivity contribution in [3.63, 3.8) is 0 Å². The Morgan fingerprint density at radius 3 is 2.59 bits per heavy atom. The number of hydrogen-bond acceptors (Lipinski definition) is 4. The first-order valence-electron chi connectivity index (χ1n) is 5.69. The molecule has 0 atom stereocenters. The van der Waals surface area contributed by atoms with Gasteiger partial charge >= 0.3 is 0 Å². The monoisotopic (exact) mass is 228 g/mol. The summed E-state index contributed by atoms with van der Waals surface area (Å²) < 4.78 is 0. The van der Waals surface area contributed by atoms with Gasteiger partial charge in [-0.2, -0.15) is 0 Å². The second-order valence-corrected chi connectivity index (χ2v) is 4.12. The van der Waals surface area contributed by atoms with E-state index in [1.54, 1.807) is 6.20 Å². The second-order valence-electron chi connectivity index (χ2n) is 4.12. The lowest BCUT2D eigenvalue weighted by molar-refractivity contribution is 0.816. The van der Waals surface area contributed by atoms with E-state index in [9.17, 15) is 0 Å². The van der Waals surface area contributed by atoms with Gasteiger partial charge in [0.15, 0.2) is 5.82 Å². The molecule has 1 N–H and O–H groups in total. The lowest BCUT2D eigenvalue weighted by Gasteiger charge is -2.09. The highest BCUT2D eigenvalue weighted by Gasteiger charge is 2.09. The summed E-state index contributed by atoms with van der Waals surface area (Å²) in [6.45, 7) is 4.23. The molecule has 17 heavy (non-hydrogen) atoms. The SMILES string of the molecule is CNc1cc(C(C)C)nc(-c2ccccn2)n1. The third kappa shape index (κ3) is 2.58. The maximum atomic E-state index is 4.54. The molecule has 0 unspecified atom stereocenters. The molecule has 0 saturated carbocycles. The molecule has 0 amide bonds. The van der Waals surface area contributed by atoms with Crippen LogP contribution in [-0.4, -0.2) is 22.0 Å². The number of aromatic nitrogens is 3. The van der Waals surface area contributed by atoms with Crippen LogP contribution in [-0.2, 0) is 0 Å². The summed E-state index contributed by atoms with van der Waals surface area (Å²) in [5.74, 6) is 1.86. The van der Waals surface area contributed by atoms with Gasteiger partial charge in [-0.25, -0.2) is 9.97 Å². The van der Waals surface area contributed by atoms with E-state index in [2.05, 4.69) is 34.1 Å². The van der Waals surface area contributed by atoms with Gasteiger partial charge in [0, 0.05) is 25.0 Å². The van der Waals surface area contributed by atoms with Gasteiger partial charge in [0.05, 0.1) is 0 Å². The maximum absolute atomic E-state index is 4.54. The van der Waals surface area contributed by atoms with Crippen molar-refractivity contribution in [2.45, 2.75) is 19.8 Å². The molecule has 0 aliphatic rings. The Kier molecular flexibility index (Phi) is 3.32. The fourth-order valence-electron chi connectivity index (χ4n) is 1.50. The van der Waals surface area contributed by atoms with Crippen LogP contribution in [0.15, 0.2) is 30.5 Å². The van der Waals surface area contributed by atoms with E-state index in [1.807, 2.05) is 31.3 Å². The van der Waals surface area contributed by atoms with E-state index < -0.39 is 0 Å². The van der Waals surface area contributed by atoms with Crippen molar-refractivity contribution in [2.24, 2.45) is 0 Å². The third-order valence-electron chi connectivity index (χ3n) is 2.49. The summed E-state index contributed by atoms with van der Waals surface area (Å²) >= 11 is 0. The molecule has 0 bridgehead atoms. The first-order chi connectivity index (χ1) is 8.20. The average molecular weight is 228 g/mol. The number of pyridine rings is 1. The summed E-state index contributed by atoms with van der Waals surface area (Å²) in [6.07, 6.45) is 1.75. The summed E-state index contributed by atoms with van der Waals surface area (Å²) in [6, 6.07) is 7.71. The van der Waals surface area contributed by atoms with Crippen LogP contribution >= 0.6 is 0 Å². The van der Waals surface area contributed by atoms with Gasteiger partial charge in [0.25, 0.3) is 0 Å². The molecule has 2 rings (SSSR count). The van der Waals surface area contributed by atoms with Crippen LogP contribution in [0.25, 0.3) is 11.5 Å². The van der Waals surface area contributed by atoms with Gasteiger partial charge in [0.1, 0.15) is 11.5 Å². The quantitative estimate of drug-likeness (QED) is 0.877. The Labute approximate surface area is 101 Å². The molecule has 2 aromatic rings. The zero-order chi connectivity index (χ0) is 12.3. The predicted molar refractivity (Wildman–Crippen MR) is 68.9 cm³/mol. The Balaban J connectivity index is 2.50. The molecule has 0 fully saturated rings. The van der Waals surface area contributed by atoms with Crippen molar-refractivity contribution in [3.05, 3.63) is 36.2 Å². The van der Waals surface area contributed by atoms with Crippen molar-refractivity contribution in [2.75, 3.05) is 12.4 Å². The molecule has 2 aromatic heterocycles. The number of anilines is 1. The molecule has 2 heterocycles. The van der Waals surface area contributed by atoms with Crippen LogP contribution in [0.5, 0.6) is 0 Å². The zero-order valence-corrected chi connectivity index (χ0v) is 10.3. The van der Waals surface area contributed by atoms with E-state index in [0.717, 1.165) is 17.2 Å². The fourth-order valence-corrected chi connectivity index (χ4v) is 1.50. The lowest BCUT2D eigenvalue weighted by Crippen LogP contribution is -2.02. The zero-order valence-electron chi connectivity index (χ0n) is 10.3. The Hall–Kier alpha value is -1.97. The van der Waals surface area contributed by atoms with E-state index >= 15 is 0 Å². The molecule has 0 aliphatic heterocycles. The highest BCUT2D eigenvalue weighted by atomic mass is 15.0. The average Bonchev–Trinajstić information content (AvgIpc) is 2.39. The molecule has 88 valence electrons. The molecule has 4 heteroatoms. The van der Waals surface area contributed by atoms with E-state index in [-0.39, 0.29) is 0 Å². The van der Waals surface area contributed by atoms with Gasteiger partial charge in [-0.3, -0.25) is 4.98 Å². The van der Waals surface area contributed by atoms with E-state index in [0.29, 0.717) is 11.7 Å². The smallest absolute Gasteiger partial charge is 0.180 e. The second kappa shape index (κ2) is 4.91. The standard InChI is InChI=1S/C13H16N4/c1-9(2)11-8-12(14-3)17-13(16-11)10-6-4-5-7-15-10/h4-9H,1-3H3,(H,14,16,17). The topological polar surface area (TPSA) is 50.7 Å². The predicted octanol–water partition coefficient (Wildman–Crippen LogP) is 2.70. The van der Waals surface area contributed by atoms with E-state index in [4.69, 9.17) is 0 Å². The minimum Gasteiger partial charge on any atom is -0.373 e. The van der Waals surface area contributed by atoms with Gasteiger partial charge in [0.2, 0.25) is 0 Å². The van der Waals surface area contributed by atoms with Crippen LogP contribution in [0, 0.1) is 0 Å². The Morgan fingerprint density at radius 2 is 2.00 bits per heavy atom. The number of rotatable bonds is 3. The molecule has 0 saturated heterocycles. The van der Waals surface area contributed by atoms with Crippen molar-refractivity contribution in [1.29, 1.82) is 0 Å².